The first-order chi connectivity index (χ1) is 12.3. The average molecular weight is 375 g/mol. The maximum atomic E-state index is 12.7. The molecule has 0 saturated carbocycles. The maximum Gasteiger partial charge on any atom is 0.293 e. The van der Waals surface area contributed by atoms with Gasteiger partial charge in [0.05, 0.1) is 18.4 Å². The molecule has 0 aliphatic carbocycles. The first-order valence-electron chi connectivity index (χ1n) is 8.90. The summed E-state index contributed by atoms with van der Waals surface area (Å²) in [6.07, 6.45) is 4.87. The highest BCUT2D eigenvalue weighted by Gasteiger charge is 2.31. The van der Waals surface area contributed by atoms with Crippen LogP contribution in [0.25, 0.3) is 0 Å². The van der Waals surface area contributed by atoms with Crippen LogP contribution in [-0.4, -0.2) is 34.3 Å². The van der Waals surface area contributed by atoms with E-state index in [9.17, 15) is 9.59 Å². The van der Waals surface area contributed by atoms with Crippen molar-refractivity contribution in [1.29, 1.82) is 0 Å². The van der Waals surface area contributed by atoms with E-state index in [1.807, 2.05) is 10.3 Å². The number of hydrogen-bond donors (Lipinski definition) is 1. The summed E-state index contributed by atoms with van der Waals surface area (Å²) in [6.45, 7) is 7.46. The smallest absolute Gasteiger partial charge is 0.293 e. The molecule has 1 aliphatic rings. The van der Waals surface area contributed by atoms with Crippen LogP contribution in [0.5, 0.6) is 0 Å². The Morgan fingerprint density at radius 3 is 2.92 bits per heavy atom. The molecule has 1 aliphatic heterocycles. The number of anilines is 1. The molecular weight excluding hydrogens is 350 g/mol. The van der Waals surface area contributed by atoms with Gasteiger partial charge in [-0.05, 0) is 36.8 Å². The zero-order chi connectivity index (χ0) is 18.7. The first-order valence-corrected chi connectivity index (χ1v) is 9.78. The van der Waals surface area contributed by atoms with Crippen LogP contribution in [0, 0.1) is 5.41 Å². The van der Waals surface area contributed by atoms with E-state index in [0.29, 0.717) is 16.9 Å². The molecule has 140 valence electrons. The largest absolute Gasteiger partial charge is 0.459 e. The van der Waals surface area contributed by atoms with Crippen LogP contribution >= 0.6 is 11.3 Å². The lowest BCUT2D eigenvalue weighted by Crippen LogP contribution is -2.38. The molecule has 1 unspecified atom stereocenters. The summed E-state index contributed by atoms with van der Waals surface area (Å²) in [7, 11) is 0. The van der Waals surface area contributed by atoms with Crippen molar-refractivity contribution in [3.05, 3.63) is 35.2 Å². The normalized spacial score (nSPS) is 17.5. The zero-order valence-corrected chi connectivity index (χ0v) is 16.3. The molecule has 6 nitrogen and oxygen atoms in total. The van der Waals surface area contributed by atoms with Crippen molar-refractivity contribution in [3.63, 3.8) is 0 Å². The minimum absolute atomic E-state index is 0.117. The SMILES string of the molecule is CC(C)(C)CC1CCCN1C(=O)Cc1csc(NC(=O)c2ccco2)n1. The lowest BCUT2D eigenvalue weighted by molar-refractivity contribution is -0.131. The number of nitrogens with one attached hydrogen (secondary N) is 1. The van der Waals surface area contributed by atoms with E-state index < -0.39 is 0 Å². The Morgan fingerprint density at radius 1 is 1.42 bits per heavy atom. The molecule has 0 spiro atoms. The van der Waals surface area contributed by atoms with E-state index in [1.54, 1.807) is 12.1 Å². The van der Waals surface area contributed by atoms with Gasteiger partial charge >= 0.3 is 0 Å². The Kier molecular flexibility index (Phi) is 5.46. The molecule has 2 aromatic heterocycles. The summed E-state index contributed by atoms with van der Waals surface area (Å²) < 4.78 is 5.06. The van der Waals surface area contributed by atoms with E-state index in [-0.39, 0.29) is 29.4 Å². The number of thiazole rings is 1. The van der Waals surface area contributed by atoms with Crippen LogP contribution in [0.4, 0.5) is 5.13 Å². The molecule has 3 heterocycles. The topological polar surface area (TPSA) is 75.4 Å². The van der Waals surface area contributed by atoms with Crippen LogP contribution in [0.1, 0.15) is 56.3 Å². The molecule has 0 aromatic carbocycles. The van der Waals surface area contributed by atoms with Crippen LogP contribution in [-0.2, 0) is 11.2 Å². The summed E-state index contributed by atoms with van der Waals surface area (Å²) >= 11 is 1.32. The van der Waals surface area contributed by atoms with E-state index in [1.165, 1.54) is 17.6 Å². The first kappa shape index (κ1) is 18.6. The molecule has 0 bridgehead atoms. The highest BCUT2D eigenvalue weighted by molar-refractivity contribution is 7.14. The van der Waals surface area contributed by atoms with E-state index in [4.69, 9.17) is 4.42 Å². The second-order valence-electron chi connectivity index (χ2n) is 7.90. The van der Waals surface area contributed by atoms with E-state index >= 15 is 0 Å². The van der Waals surface area contributed by atoms with Crippen molar-refractivity contribution < 1.29 is 14.0 Å². The number of amides is 2. The van der Waals surface area contributed by atoms with Crippen LogP contribution in [0.15, 0.2) is 28.2 Å². The van der Waals surface area contributed by atoms with Gasteiger partial charge in [-0.1, -0.05) is 20.8 Å². The second-order valence-corrected chi connectivity index (χ2v) is 8.76. The van der Waals surface area contributed by atoms with Gasteiger partial charge in [0.15, 0.2) is 10.9 Å². The molecule has 3 rings (SSSR count). The third-order valence-corrected chi connectivity index (χ3v) is 5.20. The molecule has 0 radical (unpaired) electrons. The van der Waals surface area contributed by atoms with E-state index in [2.05, 4.69) is 31.1 Å². The van der Waals surface area contributed by atoms with Gasteiger partial charge in [0.1, 0.15) is 0 Å². The van der Waals surface area contributed by atoms with Crippen LogP contribution < -0.4 is 5.32 Å². The second kappa shape index (κ2) is 7.61. The standard InChI is InChI=1S/C19H25N3O3S/c1-19(2,3)11-14-6-4-8-22(14)16(23)10-13-12-26-18(20-13)21-17(24)15-7-5-9-25-15/h5,7,9,12,14H,4,6,8,10-11H2,1-3H3,(H,20,21,24). The Labute approximate surface area is 157 Å². The molecule has 1 N–H and O–H groups in total. The fourth-order valence-corrected chi connectivity index (χ4v) is 4.06. The van der Waals surface area contributed by atoms with Crippen molar-refractivity contribution in [2.75, 3.05) is 11.9 Å². The zero-order valence-electron chi connectivity index (χ0n) is 15.4. The Hall–Kier alpha value is -2.15. The van der Waals surface area contributed by atoms with Gasteiger partial charge in [0.25, 0.3) is 5.91 Å². The third kappa shape index (κ3) is 4.72. The fraction of sp³-hybridized carbons (Fsp3) is 0.526. The predicted octanol–water partition coefficient (Wildman–Crippen LogP) is 3.96. The molecule has 1 atom stereocenters. The van der Waals surface area contributed by atoms with Crippen molar-refractivity contribution in [1.82, 2.24) is 9.88 Å². The molecule has 7 heteroatoms. The number of rotatable bonds is 5. The molecule has 2 amide bonds. The summed E-state index contributed by atoms with van der Waals surface area (Å²) in [5, 5.41) is 5.00. The number of nitrogens with zero attached hydrogens (tertiary/aromatic N) is 2. The summed E-state index contributed by atoms with van der Waals surface area (Å²) in [6, 6.07) is 3.57. The number of furan rings is 1. The Balaban J connectivity index is 1.58. The minimum Gasteiger partial charge on any atom is -0.459 e. The molecule has 1 saturated heterocycles. The van der Waals surface area contributed by atoms with Gasteiger partial charge in [-0.2, -0.15) is 0 Å². The Bertz CT molecular complexity index is 761. The summed E-state index contributed by atoms with van der Waals surface area (Å²) in [4.78, 5) is 31.1. The van der Waals surface area contributed by atoms with Gasteiger partial charge in [0, 0.05) is 18.0 Å². The number of likely N-dealkylation sites (tertiary alicyclic amines) is 1. The highest BCUT2D eigenvalue weighted by Crippen LogP contribution is 2.30. The monoisotopic (exact) mass is 375 g/mol. The third-order valence-electron chi connectivity index (χ3n) is 4.40. The number of carbonyl (C=O) groups excluding carboxylic acids is 2. The summed E-state index contributed by atoms with van der Waals surface area (Å²) in [5.41, 5.74) is 0.897. The van der Waals surface area contributed by atoms with E-state index in [0.717, 1.165) is 25.8 Å². The minimum atomic E-state index is -0.341. The van der Waals surface area contributed by atoms with Gasteiger partial charge < -0.3 is 9.32 Å². The Morgan fingerprint density at radius 2 is 2.23 bits per heavy atom. The van der Waals surface area contributed by atoms with Crippen molar-refractivity contribution in [2.45, 2.75) is 52.5 Å². The lowest BCUT2D eigenvalue weighted by Gasteiger charge is -2.30. The summed E-state index contributed by atoms with van der Waals surface area (Å²) in [5.74, 6) is 0.0119. The fourth-order valence-electron chi connectivity index (χ4n) is 3.35. The molecular formula is C19H25N3O3S. The lowest BCUT2D eigenvalue weighted by atomic mass is 9.87. The van der Waals surface area contributed by atoms with Crippen LogP contribution in [0.3, 0.4) is 0 Å². The molecule has 26 heavy (non-hydrogen) atoms. The molecule has 1 fully saturated rings. The van der Waals surface area contributed by atoms with Crippen molar-refractivity contribution in [3.8, 4) is 0 Å². The predicted molar refractivity (Wildman–Crippen MR) is 101 cm³/mol. The van der Waals surface area contributed by atoms with Crippen molar-refractivity contribution >= 4 is 28.3 Å². The van der Waals surface area contributed by atoms with Gasteiger partial charge in [-0.3, -0.25) is 14.9 Å². The number of hydrogen-bond acceptors (Lipinski definition) is 5. The van der Waals surface area contributed by atoms with Crippen LogP contribution in [0.2, 0.25) is 0 Å². The maximum absolute atomic E-state index is 12.7. The molecule has 2 aromatic rings. The number of carbonyl (C=O) groups is 2. The van der Waals surface area contributed by atoms with Crippen molar-refractivity contribution in [2.24, 2.45) is 5.41 Å². The van der Waals surface area contributed by atoms with Gasteiger partial charge in [0.2, 0.25) is 5.91 Å². The average Bonchev–Trinajstić information content (AvgIpc) is 3.26. The quantitative estimate of drug-likeness (QED) is 0.858. The highest BCUT2D eigenvalue weighted by atomic mass is 32.1. The number of aromatic nitrogens is 1. The van der Waals surface area contributed by atoms with Gasteiger partial charge in [-0.25, -0.2) is 4.98 Å². The van der Waals surface area contributed by atoms with Gasteiger partial charge in [-0.15, -0.1) is 11.3 Å².